The van der Waals surface area contributed by atoms with Crippen LogP contribution in [0.2, 0.25) is 0 Å². The first-order valence-electron chi connectivity index (χ1n) is 4.52. The van der Waals surface area contributed by atoms with Gasteiger partial charge in [-0.1, -0.05) is 20.3 Å². The van der Waals surface area contributed by atoms with Crippen LogP contribution in [0.3, 0.4) is 0 Å². The SMILES string of the molecule is CCCC1(CC)C=C(C(=O)O)N=N1. The van der Waals surface area contributed by atoms with E-state index in [9.17, 15) is 4.79 Å². The normalized spacial score (nSPS) is 26.2. The summed E-state index contributed by atoms with van der Waals surface area (Å²) in [6.45, 7) is 4.05. The van der Waals surface area contributed by atoms with Gasteiger partial charge in [0, 0.05) is 0 Å². The highest BCUT2D eigenvalue weighted by Gasteiger charge is 2.31. The van der Waals surface area contributed by atoms with Crippen LogP contribution in [0, 0.1) is 0 Å². The summed E-state index contributed by atoms with van der Waals surface area (Å²) in [6, 6.07) is 0. The summed E-state index contributed by atoms with van der Waals surface area (Å²) in [5.74, 6) is -0.991. The second-order valence-electron chi connectivity index (χ2n) is 3.24. The molecule has 1 atom stereocenters. The molecule has 0 aromatic rings. The predicted molar refractivity (Wildman–Crippen MR) is 48.5 cm³/mol. The van der Waals surface area contributed by atoms with E-state index in [2.05, 4.69) is 17.2 Å². The largest absolute Gasteiger partial charge is 0.476 e. The van der Waals surface area contributed by atoms with Crippen LogP contribution in [-0.4, -0.2) is 16.6 Å². The summed E-state index contributed by atoms with van der Waals surface area (Å²) in [4.78, 5) is 10.6. The molecular formula is C9H14N2O2. The molecule has 13 heavy (non-hydrogen) atoms. The number of carbonyl (C=O) groups is 1. The zero-order chi connectivity index (χ0) is 9.90. The number of hydrogen-bond acceptors (Lipinski definition) is 3. The van der Waals surface area contributed by atoms with E-state index in [0.29, 0.717) is 0 Å². The summed E-state index contributed by atoms with van der Waals surface area (Å²) in [7, 11) is 0. The third-order valence-electron chi connectivity index (χ3n) is 2.28. The van der Waals surface area contributed by atoms with Gasteiger partial charge in [-0.25, -0.2) is 4.79 Å². The van der Waals surface area contributed by atoms with E-state index >= 15 is 0 Å². The first-order chi connectivity index (χ1) is 6.13. The molecule has 4 nitrogen and oxygen atoms in total. The monoisotopic (exact) mass is 182 g/mol. The van der Waals surface area contributed by atoms with Gasteiger partial charge in [0.15, 0.2) is 5.70 Å². The lowest BCUT2D eigenvalue weighted by molar-refractivity contribution is -0.132. The van der Waals surface area contributed by atoms with Crippen molar-refractivity contribution in [1.29, 1.82) is 0 Å². The number of nitrogens with zero attached hydrogens (tertiary/aromatic N) is 2. The first-order valence-corrected chi connectivity index (χ1v) is 4.52. The standard InChI is InChI=1S/C9H14N2O2/c1-3-5-9(4-2)6-7(8(12)13)10-11-9/h6H,3-5H2,1-2H3,(H,12,13). The maximum atomic E-state index is 10.6. The van der Waals surface area contributed by atoms with Gasteiger partial charge < -0.3 is 5.11 Å². The second kappa shape index (κ2) is 3.68. The van der Waals surface area contributed by atoms with Gasteiger partial charge in [-0.2, -0.15) is 5.11 Å². The molecule has 72 valence electrons. The van der Waals surface area contributed by atoms with E-state index in [-0.39, 0.29) is 11.2 Å². The lowest BCUT2D eigenvalue weighted by Crippen LogP contribution is -2.20. The van der Waals surface area contributed by atoms with Crippen molar-refractivity contribution in [3.8, 4) is 0 Å². The number of carboxylic acid groups (broad SMARTS) is 1. The fourth-order valence-electron chi connectivity index (χ4n) is 1.47. The molecule has 1 aliphatic rings. The highest BCUT2D eigenvalue weighted by Crippen LogP contribution is 2.31. The van der Waals surface area contributed by atoms with Gasteiger partial charge in [-0.3, -0.25) is 0 Å². The Bertz CT molecular complexity index is 271. The molecule has 1 heterocycles. The summed E-state index contributed by atoms with van der Waals surface area (Å²) >= 11 is 0. The quantitative estimate of drug-likeness (QED) is 0.725. The van der Waals surface area contributed by atoms with Crippen molar-refractivity contribution in [3.05, 3.63) is 11.8 Å². The van der Waals surface area contributed by atoms with Gasteiger partial charge in [0.1, 0.15) is 5.54 Å². The van der Waals surface area contributed by atoms with E-state index in [4.69, 9.17) is 5.11 Å². The van der Waals surface area contributed by atoms with Crippen LogP contribution in [0.5, 0.6) is 0 Å². The summed E-state index contributed by atoms with van der Waals surface area (Å²) in [6.07, 6.45) is 4.32. The van der Waals surface area contributed by atoms with Gasteiger partial charge in [-0.05, 0) is 18.9 Å². The molecular weight excluding hydrogens is 168 g/mol. The number of carboxylic acids is 1. The first kappa shape index (κ1) is 9.89. The Morgan fingerprint density at radius 2 is 2.31 bits per heavy atom. The third-order valence-corrected chi connectivity index (χ3v) is 2.28. The Hall–Kier alpha value is -1.19. The lowest BCUT2D eigenvalue weighted by Gasteiger charge is -2.18. The van der Waals surface area contributed by atoms with Crippen LogP contribution in [0.15, 0.2) is 22.0 Å². The van der Waals surface area contributed by atoms with Crippen LogP contribution in [0.25, 0.3) is 0 Å². The highest BCUT2D eigenvalue weighted by atomic mass is 16.4. The van der Waals surface area contributed by atoms with Crippen molar-refractivity contribution in [2.24, 2.45) is 10.2 Å². The van der Waals surface area contributed by atoms with Crippen LogP contribution in [0.4, 0.5) is 0 Å². The molecule has 1 unspecified atom stereocenters. The van der Waals surface area contributed by atoms with Crippen LogP contribution < -0.4 is 0 Å². The molecule has 0 spiro atoms. The van der Waals surface area contributed by atoms with E-state index in [1.807, 2.05) is 6.92 Å². The molecule has 0 aliphatic carbocycles. The minimum Gasteiger partial charge on any atom is -0.476 e. The molecule has 0 aromatic heterocycles. The molecule has 0 saturated heterocycles. The molecule has 0 saturated carbocycles. The Balaban J connectivity index is 2.84. The molecule has 1 N–H and O–H groups in total. The Kier molecular flexibility index (Phi) is 2.80. The minimum absolute atomic E-state index is 0.0790. The van der Waals surface area contributed by atoms with Crippen molar-refractivity contribution < 1.29 is 9.90 Å². The van der Waals surface area contributed by atoms with Gasteiger partial charge in [-0.15, -0.1) is 5.11 Å². The molecule has 0 fully saturated rings. The minimum atomic E-state index is -0.991. The molecule has 0 aromatic carbocycles. The summed E-state index contributed by atoms with van der Waals surface area (Å²) in [5, 5.41) is 16.4. The molecule has 0 bridgehead atoms. The van der Waals surface area contributed by atoms with E-state index in [1.165, 1.54) is 0 Å². The summed E-state index contributed by atoms with van der Waals surface area (Å²) in [5.41, 5.74) is -0.266. The van der Waals surface area contributed by atoms with E-state index < -0.39 is 5.97 Å². The molecule has 1 rings (SSSR count). The van der Waals surface area contributed by atoms with Crippen molar-refractivity contribution >= 4 is 5.97 Å². The topological polar surface area (TPSA) is 62.0 Å². The van der Waals surface area contributed by atoms with Crippen molar-refractivity contribution in [1.82, 2.24) is 0 Å². The van der Waals surface area contributed by atoms with E-state index in [1.54, 1.807) is 6.08 Å². The maximum absolute atomic E-state index is 10.6. The average Bonchev–Trinajstić information content (AvgIpc) is 2.51. The van der Waals surface area contributed by atoms with Crippen LogP contribution >= 0.6 is 0 Å². The number of hydrogen-bond donors (Lipinski definition) is 1. The predicted octanol–water partition coefficient (Wildman–Crippen LogP) is 2.37. The Labute approximate surface area is 77.4 Å². The van der Waals surface area contributed by atoms with E-state index in [0.717, 1.165) is 19.3 Å². The third kappa shape index (κ3) is 1.94. The van der Waals surface area contributed by atoms with Gasteiger partial charge in [0.25, 0.3) is 0 Å². The van der Waals surface area contributed by atoms with Gasteiger partial charge in [0.05, 0.1) is 0 Å². The Morgan fingerprint density at radius 3 is 2.69 bits per heavy atom. The zero-order valence-electron chi connectivity index (χ0n) is 7.95. The average molecular weight is 182 g/mol. The van der Waals surface area contributed by atoms with Gasteiger partial charge >= 0.3 is 5.97 Å². The van der Waals surface area contributed by atoms with Crippen LogP contribution in [-0.2, 0) is 4.79 Å². The zero-order valence-corrected chi connectivity index (χ0v) is 7.95. The Morgan fingerprint density at radius 1 is 1.62 bits per heavy atom. The highest BCUT2D eigenvalue weighted by molar-refractivity contribution is 5.86. The van der Waals surface area contributed by atoms with Gasteiger partial charge in [0.2, 0.25) is 0 Å². The van der Waals surface area contributed by atoms with Crippen molar-refractivity contribution in [2.45, 2.75) is 38.6 Å². The van der Waals surface area contributed by atoms with Crippen molar-refractivity contribution in [2.75, 3.05) is 0 Å². The summed E-state index contributed by atoms with van der Waals surface area (Å²) < 4.78 is 0. The smallest absolute Gasteiger partial charge is 0.356 e. The fourth-order valence-corrected chi connectivity index (χ4v) is 1.47. The molecule has 1 aliphatic heterocycles. The van der Waals surface area contributed by atoms with Crippen LogP contribution in [0.1, 0.15) is 33.1 Å². The van der Waals surface area contributed by atoms with Crippen molar-refractivity contribution in [3.63, 3.8) is 0 Å². The lowest BCUT2D eigenvalue weighted by atomic mass is 9.91. The number of rotatable bonds is 4. The molecule has 0 amide bonds. The molecule has 4 heteroatoms. The number of aliphatic carboxylic acids is 1. The maximum Gasteiger partial charge on any atom is 0.356 e. The fraction of sp³-hybridized carbons (Fsp3) is 0.667. The second-order valence-corrected chi connectivity index (χ2v) is 3.24. The molecule has 0 radical (unpaired) electrons. The number of azo groups is 1.